The van der Waals surface area contributed by atoms with Crippen molar-refractivity contribution < 1.29 is 19.2 Å². The van der Waals surface area contributed by atoms with Crippen molar-refractivity contribution in [1.82, 2.24) is 10.2 Å². The molecule has 1 aliphatic heterocycles. The molecule has 142 valence electrons. The molecule has 0 saturated carbocycles. The molecule has 2 amide bonds. The molecule has 1 fully saturated rings. The minimum Gasteiger partial charge on any atom is -0.444 e. The minimum atomic E-state index is -0.601. The molecule has 8 nitrogen and oxygen atoms in total. The van der Waals surface area contributed by atoms with Crippen molar-refractivity contribution in [3.8, 4) is 0 Å². The van der Waals surface area contributed by atoms with Gasteiger partial charge in [-0.15, -0.1) is 0 Å². The number of non-ortho nitro benzene ring substituents is 1. The van der Waals surface area contributed by atoms with Gasteiger partial charge in [0.05, 0.1) is 4.92 Å². The summed E-state index contributed by atoms with van der Waals surface area (Å²) in [5.41, 5.74) is 0.333. The van der Waals surface area contributed by atoms with Crippen LogP contribution in [0, 0.1) is 10.1 Å². The molecule has 0 radical (unpaired) electrons. The zero-order valence-electron chi connectivity index (χ0n) is 15.4. The van der Waals surface area contributed by atoms with Crippen LogP contribution in [0.4, 0.5) is 10.5 Å². The molecule has 1 aromatic rings. The molecular formula is C18H25N3O5. The number of hydrogen-bond acceptors (Lipinski definition) is 5. The normalized spacial score (nSPS) is 17.0. The summed E-state index contributed by atoms with van der Waals surface area (Å²) in [5.74, 6) is -0.199. The zero-order valence-corrected chi connectivity index (χ0v) is 15.4. The summed E-state index contributed by atoms with van der Waals surface area (Å²) in [6, 6.07) is 5.72. The Kier molecular flexibility index (Phi) is 6.18. The molecule has 26 heavy (non-hydrogen) atoms. The van der Waals surface area contributed by atoms with Gasteiger partial charge in [0.25, 0.3) is 5.69 Å². The van der Waals surface area contributed by atoms with Crippen LogP contribution in [0.25, 0.3) is 0 Å². The summed E-state index contributed by atoms with van der Waals surface area (Å²) in [5, 5.41) is 13.5. The molecule has 1 aliphatic rings. The van der Waals surface area contributed by atoms with Crippen LogP contribution < -0.4 is 5.32 Å². The fourth-order valence-electron chi connectivity index (χ4n) is 2.81. The Morgan fingerprint density at radius 1 is 1.31 bits per heavy atom. The molecule has 0 bridgehead atoms. The third kappa shape index (κ3) is 5.44. The van der Waals surface area contributed by atoms with Crippen molar-refractivity contribution in [1.29, 1.82) is 0 Å². The fraction of sp³-hybridized carbons (Fsp3) is 0.556. The number of hydrogen-bond donors (Lipinski definition) is 1. The number of carbonyl (C=O) groups is 2. The van der Waals surface area contributed by atoms with Crippen LogP contribution in [0.2, 0.25) is 0 Å². The second-order valence-corrected chi connectivity index (χ2v) is 7.30. The van der Waals surface area contributed by atoms with Crippen LogP contribution in [0.1, 0.15) is 39.2 Å². The van der Waals surface area contributed by atoms with Gasteiger partial charge in [0, 0.05) is 25.2 Å². The monoisotopic (exact) mass is 363 g/mol. The van der Waals surface area contributed by atoms with E-state index < -0.39 is 22.7 Å². The van der Waals surface area contributed by atoms with E-state index in [-0.39, 0.29) is 11.6 Å². The van der Waals surface area contributed by atoms with E-state index in [1.165, 1.54) is 17.0 Å². The number of nitrogens with zero attached hydrogens (tertiary/aromatic N) is 2. The first-order valence-electron chi connectivity index (χ1n) is 8.68. The third-order valence-electron chi connectivity index (χ3n) is 4.04. The highest BCUT2D eigenvalue weighted by atomic mass is 16.6. The first kappa shape index (κ1) is 19.7. The highest BCUT2D eigenvalue weighted by molar-refractivity contribution is 5.86. The van der Waals surface area contributed by atoms with Crippen LogP contribution in [-0.2, 0) is 16.0 Å². The van der Waals surface area contributed by atoms with Crippen molar-refractivity contribution in [3.05, 3.63) is 39.9 Å². The number of rotatable bonds is 5. The lowest BCUT2D eigenvalue weighted by atomic mass is 10.1. The number of amides is 2. The third-order valence-corrected chi connectivity index (χ3v) is 4.04. The largest absolute Gasteiger partial charge is 0.444 e. The number of nitrogens with one attached hydrogen (secondary N) is 1. The predicted octanol–water partition coefficient (Wildman–Crippen LogP) is 2.65. The number of carbonyl (C=O) groups excluding carboxylic acids is 2. The maximum atomic E-state index is 12.4. The Bertz CT molecular complexity index is 666. The van der Waals surface area contributed by atoms with Gasteiger partial charge in [0.2, 0.25) is 5.91 Å². The molecule has 0 spiro atoms. The number of likely N-dealkylation sites (tertiary alicyclic amines) is 1. The Hall–Kier alpha value is -2.64. The molecule has 1 N–H and O–H groups in total. The second-order valence-electron chi connectivity index (χ2n) is 7.30. The minimum absolute atomic E-state index is 0.0387. The molecule has 1 atom stereocenters. The highest BCUT2D eigenvalue weighted by Gasteiger charge is 2.36. The van der Waals surface area contributed by atoms with Gasteiger partial charge in [0.15, 0.2) is 0 Å². The zero-order chi connectivity index (χ0) is 19.3. The van der Waals surface area contributed by atoms with Gasteiger partial charge in [-0.2, -0.15) is 0 Å². The maximum absolute atomic E-state index is 12.4. The van der Waals surface area contributed by atoms with E-state index in [0.29, 0.717) is 25.9 Å². The van der Waals surface area contributed by atoms with E-state index in [1.807, 2.05) is 0 Å². The van der Waals surface area contributed by atoms with E-state index >= 15 is 0 Å². The van der Waals surface area contributed by atoms with E-state index in [9.17, 15) is 19.7 Å². The van der Waals surface area contributed by atoms with Gasteiger partial charge in [-0.3, -0.25) is 19.8 Å². The fourth-order valence-corrected chi connectivity index (χ4v) is 2.81. The van der Waals surface area contributed by atoms with E-state index in [1.54, 1.807) is 32.9 Å². The summed E-state index contributed by atoms with van der Waals surface area (Å²) >= 11 is 0. The van der Waals surface area contributed by atoms with Crippen molar-refractivity contribution >= 4 is 17.7 Å². The van der Waals surface area contributed by atoms with Gasteiger partial charge >= 0.3 is 6.09 Å². The van der Waals surface area contributed by atoms with Gasteiger partial charge in [-0.25, -0.2) is 4.79 Å². The number of nitro groups is 1. The lowest BCUT2D eigenvalue weighted by Gasteiger charge is -2.28. The smallest absolute Gasteiger partial charge is 0.410 e. The second kappa shape index (κ2) is 8.16. The summed E-state index contributed by atoms with van der Waals surface area (Å²) in [4.78, 5) is 36.3. The summed E-state index contributed by atoms with van der Waals surface area (Å²) in [6.07, 6.45) is 1.47. The molecule has 0 aromatic heterocycles. The molecule has 1 saturated heterocycles. The number of nitro benzene ring substituents is 1. The molecule has 0 aliphatic carbocycles. The van der Waals surface area contributed by atoms with Gasteiger partial charge in [-0.05, 0) is 45.6 Å². The first-order valence-corrected chi connectivity index (χ1v) is 8.68. The summed E-state index contributed by atoms with van der Waals surface area (Å²) < 4.78 is 5.36. The van der Waals surface area contributed by atoms with Crippen LogP contribution in [0.15, 0.2) is 24.3 Å². The Labute approximate surface area is 152 Å². The Morgan fingerprint density at radius 3 is 2.54 bits per heavy atom. The van der Waals surface area contributed by atoms with Crippen LogP contribution in [0.5, 0.6) is 0 Å². The summed E-state index contributed by atoms with van der Waals surface area (Å²) in [6.45, 7) is 6.28. The molecule has 1 unspecified atom stereocenters. The van der Waals surface area contributed by atoms with Crippen molar-refractivity contribution in [2.45, 2.75) is 51.7 Å². The lowest BCUT2D eigenvalue weighted by molar-refractivity contribution is -0.384. The topological polar surface area (TPSA) is 102 Å². The van der Waals surface area contributed by atoms with Gasteiger partial charge in [-0.1, -0.05) is 12.1 Å². The van der Waals surface area contributed by atoms with E-state index in [0.717, 1.165) is 12.0 Å². The van der Waals surface area contributed by atoms with Gasteiger partial charge in [0.1, 0.15) is 11.6 Å². The molecule has 1 aromatic carbocycles. The van der Waals surface area contributed by atoms with Crippen LogP contribution in [-0.4, -0.2) is 46.6 Å². The van der Waals surface area contributed by atoms with Crippen LogP contribution in [0.3, 0.4) is 0 Å². The maximum Gasteiger partial charge on any atom is 0.410 e. The van der Waals surface area contributed by atoms with E-state index in [2.05, 4.69) is 5.32 Å². The quantitative estimate of drug-likeness (QED) is 0.640. The SMILES string of the molecule is CC(C)(C)OC(=O)N1CCCC1C(=O)NCCc1ccc([N+](=O)[O-])cc1. The number of benzene rings is 1. The Morgan fingerprint density at radius 2 is 1.96 bits per heavy atom. The molecule has 1 heterocycles. The lowest BCUT2D eigenvalue weighted by Crippen LogP contribution is -2.47. The number of ether oxygens (including phenoxy) is 1. The predicted molar refractivity (Wildman–Crippen MR) is 95.8 cm³/mol. The van der Waals surface area contributed by atoms with E-state index in [4.69, 9.17) is 4.74 Å². The van der Waals surface area contributed by atoms with Crippen molar-refractivity contribution in [2.24, 2.45) is 0 Å². The molecule has 8 heteroatoms. The van der Waals surface area contributed by atoms with Crippen molar-refractivity contribution in [2.75, 3.05) is 13.1 Å². The highest BCUT2D eigenvalue weighted by Crippen LogP contribution is 2.21. The summed E-state index contributed by atoms with van der Waals surface area (Å²) in [7, 11) is 0. The average Bonchev–Trinajstić information content (AvgIpc) is 3.03. The molecule has 2 rings (SSSR count). The average molecular weight is 363 g/mol. The van der Waals surface area contributed by atoms with Crippen molar-refractivity contribution in [3.63, 3.8) is 0 Å². The first-order chi connectivity index (χ1) is 12.2. The van der Waals surface area contributed by atoms with Gasteiger partial charge < -0.3 is 10.1 Å². The van der Waals surface area contributed by atoms with Crippen LogP contribution >= 0.6 is 0 Å². The molecular weight excluding hydrogens is 338 g/mol. The Balaban J connectivity index is 1.84. The standard InChI is InChI=1S/C18H25N3O5/c1-18(2,3)26-17(23)20-12-4-5-15(20)16(22)19-11-10-13-6-8-14(9-7-13)21(24)25/h6-9,15H,4-5,10-12H2,1-3H3,(H,19,22).